The van der Waals surface area contributed by atoms with Crippen LogP contribution in [-0.2, 0) is 0 Å². The number of hydrogen-bond donors (Lipinski definition) is 1. The second-order valence-corrected chi connectivity index (χ2v) is 4.50. The number of likely N-dealkylation sites (tertiary alicyclic amines) is 1. The predicted octanol–water partition coefficient (Wildman–Crippen LogP) is 1.81. The molecule has 2 unspecified atom stereocenters. The van der Waals surface area contributed by atoms with Crippen LogP contribution in [0, 0.1) is 5.92 Å². The standard InChI is InChI=1S/C13H21N3/c1-2-16-8-4-6-11(9-14)13(16)12-5-3-7-15-10-12/h3,5,7,10-11,13H,2,4,6,8-9,14H2,1H3. The summed E-state index contributed by atoms with van der Waals surface area (Å²) in [5.74, 6) is 0.581. The maximum Gasteiger partial charge on any atom is 0.0403 e. The summed E-state index contributed by atoms with van der Waals surface area (Å²) in [7, 11) is 0. The predicted molar refractivity (Wildman–Crippen MR) is 66.0 cm³/mol. The Kier molecular flexibility index (Phi) is 3.91. The molecule has 3 heteroatoms. The highest BCUT2D eigenvalue weighted by molar-refractivity contribution is 5.16. The van der Waals surface area contributed by atoms with Crippen molar-refractivity contribution >= 4 is 0 Å². The van der Waals surface area contributed by atoms with E-state index in [1.165, 1.54) is 24.9 Å². The van der Waals surface area contributed by atoms with Crippen molar-refractivity contribution in [2.45, 2.75) is 25.8 Å². The van der Waals surface area contributed by atoms with Gasteiger partial charge in [0.1, 0.15) is 0 Å². The van der Waals surface area contributed by atoms with Crippen LogP contribution in [0.1, 0.15) is 31.4 Å². The molecular weight excluding hydrogens is 198 g/mol. The quantitative estimate of drug-likeness (QED) is 0.843. The Morgan fingerprint density at radius 2 is 2.44 bits per heavy atom. The summed E-state index contributed by atoms with van der Waals surface area (Å²) in [6.45, 7) is 5.28. The van der Waals surface area contributed by atoms with Crippen LogP contribution in [0.3, 0.4) is 0 Å². The van der Waals surface area contributed by atoms with Gasteiger partial charge >= 0.3 is 0 Å². The zero-order chi connectivity index (χ0) is 11.4. The fourth-order valence-electron chi connectivity index (χ4n) is 2.79. The van der Waals surface area contributed by atoms with Gasteiger partial charge in [-0.2, -0.15) is 0 Å². The van der Waals surface area contributed by atoms with Gasteiger partial charge in [-0.15, -0.1) is 0 Å². The van der Waals surface area contributed by atoms with Crippen molar-refractivity contribution in [3.05, 3.63) is 30.1 Å². The Morgan fingerprint density at radius 1 is 1.56 bits per heavy atom. The maximum absolute atomic E-state index is 5.90. The molecule has 1 aromatic rings. The summed E-state index contributed by atoms with van der Waals surface area (Å²) in [4.78, 5) is 6.76. The van der Waals surface area contributed by atoms with Crippen molar-refractivity contribution in [2.24, 2.45) is 11.7 Å². The van der Waals surface area contributed by atoms with Crippen LogP contribution < -0.4 is 5.73 Å². The van der Waals surface area contributed by atoms with Crippen molar-refractivity contribution in [3.8, 4) is 0 Å². The summed E-state index contributed by atoms with van der Waals surface area (Å²) in [6.07, 6.45) is 6.33. The van der Waals surface area contributed by atoms with Gasteiger partial charge in [-0.1, -0.05) is 13.0 Å². The third kappa shape index (κ3) is 2.25. The molecule has 1 fully saturated rings. The molecule has 1 aliphatic heterocycles. The monoisotopic (exact) mass is 219 g/mol. The van der Waals surface area contributed by atoms with Crippen LogP contribution >= 0.6 is 0 Å². The number of pyridine rings is 1. The van der Waals surface area contributed by atoms with Gasteiger partial charge in [-0.3, -0.25) is 9.88 Å². The summed E-state index contributed by atoms with van der Waals surface area (Å²) in [6, 6.07) is 4.66. The fraction of sp³-hybridized carbons (Fsp3) is 0.615. The van der Waals surface area contributed by atoms with Crippen LogP contribution in [0.5, 0.6) is 0 Å². The van der Waals surface area contributed by atoms with Crippen molar-refractivity contribution in [3.63, 3.8) is 0 Å². The molecule has 0 amide bonds. The SMILES string of the molecule is CCN1CCCC(CN)C1c1cccnc1. The van der Waals surface area contributed by atoms with E-state index in [0.29, 0.717) is 12.0 Å². The molecule has 1 saturated heterocycles. The molecule has 0 radical (unpaired) electrons. The summed E-state index contributed by atoms with van der Waals surface area (Å²) < 4.78 is 0. The minimum Gasteiger partial charge on any atom is -0.330 e. The first kappa shape index (κ1) is 11.6. The molecule has 2 atom stereocenters. The Hall–Kier alpha value is -0.930. The molecular formula is C13H21N3. The van der Waals surface area contributed by atoms with E-state index in [2.05, 4.69) is 22.9 Å². The van der Waals surface area contributed by atoms with Crippen LogP contribution in [0.15, 0.2) is 24.5 Å². The average Bonchev–Trinajstić information content (AvgIpc) is 2.38. The molecule has 1 aliphatic rings. The van der Waals surface area contributed by atoms with Crippen LogP contribution in [-0.4, -0.2) is 29.5 Å². The van der Waals surface area contributed by atoms with Gasteiger partial charge < -0.3 is 5.73 Å². The molecule has 16 heavy (non-hydrogen) atoms. The molecule has 2 N–H and O–H groups in total. The van der Waals surface area contributed by atoms with Gasteiger partial charge in [0.2, 0.25) is 0 Å². The van der Waals surface area contributed by atoms with Crippen molar-refractivity contribution in [2.75, 3.05) is 19.6 Å². The normalized spacial score (nSPS) is 26.9. The fourth-order valence-corrected chi connectivity index (χ4v) is 2.79. The molecule has 2 rings (SSSR count). The van der Waals surface area contributed by atoms with Crippen LogP contribution in [0.25, 0.3) is 0 Å². The zero-order valence-electron chi connectivity index (χ0n) is 9.97. The van der Waals surface area contributed by atoms with Gasteiger partial charge in [0.15, 0.2) is 0 Å². The van der Waals surface area contributed by atoms with E-state index >= 15 is 0 Å². The maximum atomic E-state index is 5.90. The minimum atomic E-state index is 0.470. The lowest BCUT2D eigenvalue weighted by Crippen LogP contribution is -2.41. The van der Waals surface area contributed by atoms with Gasteiger partial charge in [0.05, 0.1) is 0 Å². The van der Waals surface area contributed by atoms with E-state index in [-0.39, 0.29) is 0 Å². The summed E-state index contributed by atoms with van der Waals surface area (Å²) in [5.41, 5.74) is 7.22. The molecule has 0 spiro atoms. The number of hydrogen-bond acceptors (Lipinski definition) is 3. The van der Waals surface area contributed by atoms with E-state index in [1.54, 1.807) is 0 Å². The summed E-state index contributed by atoms with van der Waals surface area (Å²) in [5, 5.41) is 0. The molecule has 3 nitrogen and oxygen atoms in total. The van der Waals surface area contributed by atoms with E-state index in [1.807, 2.05) is 18.5 Å². The number of nitrogens with two attached hydrogens (primary N) is 1. The molecule has 2 heterocycles. The van der Waals surface area contributed by atoms with E-state index in [9.17, 15) is 0 Å². The topological polar surface area (TPSA) is 42.1 Å². The smallest absolute Gasteiger partial charge is 0.0403 e. The average molecular weight is 219 g/mol. The second kappa shape index (κ2) is 5.41. The van der Waals surface area contributed by atoms with E-state index in [0.717, 1.165) is 13.1 Å². The van der Waals surface area contributed by atoms with Gasteiger partial charge in [0, 0.05) is 18.4 Å². The van der Waals surface area contributed by atoms with Crippen molar-refractivity contribution in [1.82, 2.24) is 9.88 Å². The van der Waals surface area contributed by atoms with E-state index < -0.39 is 0 Å². The first-order valence-electron chi connectivity index (χ1n) is 6.20. The molecule has 0 aromatic carbocycles. The highest BCUT2D eigenvalue weighted by Crippen LogP contribution is 2.34. The number of nitrogens with zero attached hydrogens (tertiary/aromatic N) is 2. The third-order valence-corrected chi connectivity index (χ3v) is 3.60. The molecule has 0 saturated carbocycles. The number of piperidine rings is 1. The van der Waals surface area contributed by atoms with Crippen LogP contribution in [0.2, 0.25) is 0 Å². The highest BCUT2D eigenvalue weighted by atomic mass is 15.2. The summed E-state index contributed by atoms with van der Waals surface area (Å²) >= 11 is 0. The Morgan fingerprint density at radius 3 is 3.06 bits per heavy atom. The van der Waals surface area contributed by atoms with Crippen LogP contribution in [0.4, 0.5) is 0 Å². The number of rotatable bonds is 3. The zero-order valence-corrected chi connectivity index (χ0v) is 9.97. The minimum absolute atomic E-state index is 0.470. The lowest BCUT2D eigenvalue weighted by Gasteiger charge is -2.40. The van der Waals surface area contributed by atoms with Gasteiger partial charge in [0.25, 0.3) is 0 Å². The number of aromatic nitrogens is 1. The van der Waals surface area contributed by atoms with Crippen molar-refractivity contribution < 1.29 is 0 Å². The molecule has 0 aliphatic carbocycles. The largest absolute Gasteiger partial charge is 0.330 e. The first-order valence-corrected chi connectivity index (χ1v) is 6.20. The highest BCUT2D eigenvalue weighted by Gasteiger charge is 2.30. The Labute approximate surface area is 97.7 Å². The Bertz CT molecular complexity index is 300. The Balaban J connectivity index is 2.24. The third-order valence-electron chi connectivity index (χ3n) is 3.60. The first-order chi connectivity index (χ1) is 7.86. The van der Waals surface area contributed by atoms with Gasteiger partial charge in [-0.05, 0) is 50.0 Å². The second-order valence-electron chi connectivity index (χ2n) is 4.50. The lowest BCUT2D eigenvalue weighted by molar-refractivity contribution is 0.102. The molecule has 88 valence electrons. The molecule has 1 aromatic heterocycles. The van der Waals surface area contributed by atoms with Crippen molar-refractivity contribution in [1.29, 1.82) is 0 Å². The van der Waals surface area contributed by atoms with Gasteiger partial charge in [-0.25, -0.2) is 0 Å². The van der Waals surface area contributed by atoms with E-state index in [4.69, 9.17) is 5.73 Å². The lowest BCUT2D eigenvalue weighted by atomic mass is 9.85. The molecule has 0 bridgehead atoms.